The first kappa shape index (κ1) is 13.3. The predicted octanol–water partition coefficient (Wildman–Crippen LogP) is 3.88. The number of aromatic nitrogens is 2. The fourth-order valence-electron chi connectivity index (χ4n) is 1.94. The second kappa shape index (κ2) is 5.34. The van der Waals surface area contributed by atoms with Crippen LogP contribution in [0.15, 0.2) is 47.6 Å². The van der Waals surface area contributed by atoms with Gasteiger partial charge in [0.2, 0.25) is 0 Å². The molecule has 2 aromatic carbocycles. The Morgan fingerprint density at radius 2 is 2.14 bits per heavy atom. The van der Waals surface area contributed by atoms with Gasteiger partial charge in [0.25, 0.3) is 5.69 Å². The van der Waals surface area contributed by atoms with Crippen molar-refractivity contribution in [1.29, 1.82) is 0 Å². The maximum Gasteiger partial charge on any atom is 0.279 e. The first-order valence-electron chi connectivity index (χ1n) is 6.04. The van der Waals surface area contributed by atoms with Crippen LogP contribution in [0.2, 0.25) is 5.02 Å². The van der Waals surface area contributed by atoms with Gasteiger partial charge in [-0.05, 0) is 30.3 Å². The van der Waals surface area contributed by atoms with Gasteiger partial charge in [-0.3, -0.25) is 20.2 Å². The van der Waals surface area contributed by atoms with E-state index in [1.165, 1.54) is 12.3 Å². The van der Waals surface area contributed by atoms with E-state index >= 15 is 0 Å². The molecule has 21 heavy (non-hydrogen) atoms. The summed E-state index contributed by atoms with van der Waals surface area (Å²) >= 11 is 5.77. The quantitative estimate of drug-likeness (QED) is 0.452. The second-order valence-electron chi connectivity index (χ2n) is 4.36. The maximum atomic E-state index is 11.0. The monoisotopic (exact) mass is 300 g/mol. The third kappa shape index (κ3) is 2.75. The summed E-state index contributed by atoms with van der Waals surface area (Å²) in [5.41, 5.74) is 1.92. The number of halogens is 1. The fourth-order valence-corrected chi connectivity index (χ4v) is 2.10. The van der Waals surface area contributed by atoms with Crippen molar-refractivity contribution in [3.05, 3.63) is 63.3 Å². The molecule has 1 heterocycles. The van der Waals surface area contributed by atoms with Crippen LogP contribution >= 0.6 is 11.6 Å². The number of nitrogens with one attached hydrogen (secondary N) is 1. The molecule has 0 atom stereocenters. The number of hydrogen-bond acceptors (Lipinski definition) is 4. The molecule has 1 N–H and O–H groups in total. The number of nitro groups is 1. The van der Waals surface area contributed by atoms with E-state index in [1.807, 2.05) is 12.1 Å². The van der Waals surface area contributed by atoms with E-state index in [2.05, 4.69) is 15.2 Å². The van der Waals surface area contributed by atoms with E-state index in [0.29, 0.717) is 16.3 Å². The number of H-pyrrole nitrogens is 1. The molecule has 0 fully saturated rings. The zero-order valence-corrected chi connectivity index (χ0v) is 11.4. The second-order valence-corrected chi connectivity index (χ2v) is 4.80. The van der Waals surface area contributed by atoms with Crippen molar-refractivity contribution in [2.24, 2.45) is 4.99 Å². The number of nitro benzene ring substituents is 1. The van der Waals surface area contributed by atoms with Crippen LogP contribution in [0.25, 0.3) is 10.9 Å². The van der Waals surface area contributed by atoms with E-state index in [0.717, 1.165) is 10.9 Å². The molecule has 3 rings (SSSR count). The summed E-state index contributed by atoms with van der Waals surface area (Å²) in [6, 6.07) is 9.97. The molecule has 0 amide bonds. The number of hydrogen-bond donors (Lipinski definition) is 1. The summed E-state index contributed by atoms with van der Waals surface area (Å²) in [4.78, 5) is 14.8. The van der Waals surface area contributed by atoms with Gasteiger partial charge < -0.3 is 0 Å². The lowest BCUT2D eigenvalue weighted by atomic mass is 10.2. The summed E-state index contributed by atoms with van der Waals surface area (Å²) in [7, 11) is 0. The molecule has 104 valence electrons. The van der Waals surface area contributed by atoms with Crippen LogP contribution in [0.5, 0.6) is 0 Å². The van der Waals surface area contributed by atoms with Gasteiger partial charge in [0.15, 0.2) is 0 Å². The lowest BCUT2D eigenvalue weighted by molar-refractivity contribution is -0.385. The van der Waals surface area contributed by atoms with Gasteiger partial charge >= 0.3 is 0 Å². The van der Waals surface area contributed by atoms with E-state index in [9.17, 15) is 10.1 Å². The molecule has 1 aromatic heterocycles. The standard InChI is InChI=1S/C14H9ClN4O2/c15-11-2-1-9(14(6-11)19(20)21)7-16-12-3-4-13-10(5-12)8-17-18-13/h1-8H,(H,17,18). The highest BCUT2D eigenvalue weighted by atomic mass is 35.5. The fraction of sp³-hybridized carbons (Fsp3) is 0. The van der Waals surface area contributed by atoms with Crippen molar-refractivity contribution in [1.82, 2.24) is 10.2 Å². The van der Waals surface area contributed by atoms with Crippen LogP contribution in [0.1, 0.15) is 5.56 Å². The van der Waals surface area contributed by atoms with E-state index in [-0.39, 0.29) is 5.69 Å². The highest BCUT2D eigenvalue weighted by molar-refractivity contribution is 6.30. The molecule has 0 spiro atoms. The van der Waals surface area contributed by atoms with Crippen molar-refractivity contribution < 1.29 is 4.92 Å². The van der Waals surface area contributed by atoms with E-state index in [4.69, 9.17) is 11.6 Å². The first-order chi connectivity index (χ1) is 10.1. The molecular formula is C14H9ClN4O2. The van der Waals surface area contributed by atoms with Gasteiger partial charge in [-0.1, -0.05) is 11.6 Å². The summed E-state index contributed by atoms with van der Waals surface area (Å²) in [5.74, 6) is 0. The largest absolute Gasteiger partial charge is 0.279 e. The Kier molecular flexibility index (Phi) is 3.37. The van der Waals surface area contributed by atoms with Crippen molar-refractivity contribution in [3.63, 3.8) is 0 Å². The van der Waals surface area contributed by atoms with Crippen molar-refractivity contribution >= 4 is 40.1 Å². The molecule has 0 radical (unpaired) electrons. The predicted molar refractivity (Wildman–Crippen MR) is 81.5 cm³/mol. The Bertz CT molecular complexity index is 857. The number of nitrogens with zero attached hydrogens (tertiary/aromatic N) is 3. The zero-order valence-electron chi connectivity index (χ0n) is 10.7. The average molecular weight is 301 g/mol. The Labute approximate surface area is 124 Å². The lowest BCUT2D eigenvalue weighted by Crippen LogP contribution is -1.94. The molecule has 0 unspecified atom stereocenters. The topological polar surface area (TPSA) is 84.2 Å². The number of fused-ring (bicyclic) bond motifs is 1. The summed E-state index contributed by atoms with van der Waals surface area (Å²) < 4.78 is 0. The maximum absolute atomic E-state index is 11.0. The van der Waals surface area contributed by atoms with E-state index in [1.54, 1.807) is 24.4 Å². The smallest absolute Gasteiger partial charge is 0.278 e. The van der Waals surface area contributed by atoms with Crippen LogP contribution in [0, 0.1) is 10.1 Å². The molecule has 6 nitrogen and oxygen atoms in total. The molecule has 0 bridgehead atoms. The highest BCUT2D eigenvalue weighted by Crippen LogP contribution is 2.23. The van der Waals surface area contributed by atoms with Crippen LogP contribution in [0.3, 0.4) is 0 Å². The molecule has 0 aliphatic rings. The van der Waals surface area contributed by atoms with Crippen LogP contribution in [0.4, 0.5) is 11.4 Å². The number of benzene rings is 2. The minimum absolute atomic E-state index is 0.0735. The van der Waals surface area contributed by atoms with E-state index < -0.39 is 4.92 Å². The van der Waals surface area contributed by atoms with Crippen molar-refractivity contribution in [2.45, 2.75) is 0 Å². The van der Waals surface area contributed by atoms with Gasteiger partial charge in [0, 0.05) is 22.7 Å². The molecule has 0 aliphatic carbocycles. The third-order valence-electron chi connectivity index (χ3n) is 2.97. The number of rotatable bonds is 3. The molecule has 0 aliphatic heterocycles. The minimum atomic E-state index is -0.480. The zero-order chi connectivity index (χ0) is 14.8. The Hall–Kier alpha value is -2.73. The molecule has 3 aromatic rings. The highest BCUT2D eigenvalue weighted by Gasteiger charge is 2.12. The Balaban J connectivity index is 1.97. The van der Waals surface area contributed by atoms with Crippen LogP contribution in [-0.2, 0) is 0 Å². The van der Waals surface area contributed by atoms with Crippen LogP contribution in [-0.4, -0.2) is 21.3 Å². The summed E-state index contributed by atoms with van der Waals surface area (Å²) in [6.07, 6.45) is 3.15. The van der Waals surface area contributed by atoms with Gasteiger partial charge in [0.05, 0.1) is 27.9 Å². The Morgan fingerprint density at radius 3 is 2.95 bits per heavy atom. The minimum Gasteiger partial charge on any atom is -0.278 e. The first-order valence-corrected chi connectivity index (χ1v) is 6.42. The normalized spacial score (nSPS) is 11.3. The molecule has 0 saturated heterocycles. The number of aliphatic imine (C=N–C) groups is 1. The average Bonchev–Trinajstić information content (AvgIpc) is 2.93. The third-order valence-corrected chi connectivity index (χ3v) is 3.20. The lowest BCUT2D eigenvalue weighted by Gasteiger charge is -1.98. The van der Waals surface area contributed by atoms with Gasteiger partial charge in [-0.2, -0.15) is 5.10 Å². The Morgan fingerprint density at radius 1 is 1.29 bits per heavy atom. The summed E-state index contributed by atoms with van der Waals surface area (Å²) in [5, 5.41) is 19.0. The van der Waals surface area contributed by atoms with Crippen molar-refractivity contribution in [2.75, 3.05) is 0 Å². The van der Waals surface area contributed by atoms with Crippen molar-refractivity contribution in [3.8, 4) is 0 Å². The molecule has 0 saturated carbocycles. The van der Waals surface area contributed by atoms with Crippen LogP contribution < -0.4 is 0 Å². The van der Waals surface area contributed by atoms with Gasteiger partial charge in [0.1, 0.15) is 0 Å². The molecular weight excluding hydrogens is 292 g/mol. The van der Waals surface area contributed by atoms with Gasteiger partial charge in [-0.25, -0.2) is 0 Å². The SMILES string of the molecule is O=[N+]([O-])c1cc(Cl)ccc1C=Nc1ccc2[nH]ncc2c1. The van der Waals surface area contributed by atoms with Gasteiger partial charge in [-0.15, -0.1) is 0 Å². The molecule has 7 heteroatoms. The summed E-state index contributed by atoms with van der Waals surface area (Å²) in [6.45, 7) is 0. The number of aromatic amines is 1.